The van der Waals surface area contributed by atoms with E-state index in [4.69, 9.17) is 0 Å². The smallest absolute Gasteiger partial charge is 0.0259 e. The quantitative estimate of drug-likeness (QED) is 0.765. The first kappa shape index (κ1) is 19.6. The highest BCUT2D eigenvalue weighted by Gasteiger charge is 2.23. The molecular weight excluding hydrogens is 342 g/mol. The summed E-state index contributed by atoms with van der Waals surface area (Å²) in [4.78, 5) is 2.64. The van der Waals surface area contributed by atoms with E-state index < -0.39 is 0 Å². The number of hydrogen-bond donors (Lipinski definition) is 1. The van der Waals surface area contributed by atoms with E-state index in [1.165, 1.54) is 49.8 Å². The molecule has 2 fully saturated rings. The molecule has 2 aliphatic rings. The van der Waals surface area contributed by atoms with E-state index in [0.29, 0.717) is 5.92 Å². The van der Waals surface area contributed by atoms with E-state index in [9.17, 15) is 0 Å². The van der Waals surface area contributed by atoms with E-state index >= 15 is 0 Å². The van der Waals surface area contributed by atoms with Crippen LogP contribution in [0.5, 0.6) is 0 Å². The molecule has 3 nitrogen and oxygen atoms in total. The lowest BCUT2D eigenvalue weighted by molar-refractivity contribution is 0.0795. The molecule has 0 amide bonds. The van der Waals surface area contributed by atoms with Crippen LogP contribution in [-0.2, 0) is 0 Å². The average molecular weight is 378 g/mol. The molecule has 1 aliphatic heterocycles. The molecule has 0 aromatic heterocycles. The van der Waals surface area contributed by atoms with Gasteiger partial charge in [0, 0.05) is 45.2 Å². The maximum atomic E-state index is 3.74. The highest BCUT2D eigenvalue weighted by atomic mass is 15.5. The van der Waals surface area contributed by atoms with Crippen LogP contribution >= 0.6 is 0 Å². The van der Waals surface area contributed by atoms with E-state index in [-0.39, 0.29) is 0 Å². The summed E-state index contributed by atoms with van der Waals surface area (Å²) in [5.41, 5.74) is 6.58. The average Bonchev–Trinajstić information content (AvgIpc) is 2.79. The lowest BCUT2D eigenvalue weighted by Gasteiger charge is -2.37. The minimum Gasteiger partial charge on any atom is -0.300 e. The van der Waals surface area contributed by atoms with Crippen molar-refractivity contribution in [2.75, 3.05) is 39.3 Å². The number of piperazine rings is 1. The minimum atomic E-state index is 0.448. The van der Waals surface area contributed by atoms with Gasteiger partial charge < -0.3 is 0 Å². The fourth-order valence-electron chi connectivity index (χ4n) is 4.77. The Hall–Kier alpha value is -1.68. The predicted octanol–water partition coefficient (Wildman–Crippen LogP) is 4.52. The predicted molar refractivity (Wildman–Crippen MR) is 117 cm³/mol. The molecule has 1 heterocycles. The monoisotopic (exact) mass is 377 g/mol. The summed E-state index contributed by atoms with van der Waals surface area (Å²) in [5.74, 6) is 1.34. The van der Waals surface area contributed by atoms with Gasteiger partial charge in [-0.3, -0.25) is 10.3 Å². The van der Waals surface area contributed by atoms with E-state index in [0.717, 1.165) is 38.6 Å². The molecule has 1 saturated carbocycles. The maximum Gasteiger partial charge on any atom is 0.0259 e. The molecule has 1 N–H and O–H groups in total. The van der Waals surface area contributed by atoms with Crippen molar-refractivity contribution in [1.29, 1.82) is 0 Å². The van der Waals surface area contributed by atoms with Gasteiger partial charge in [-0.25, -0.2) is 5.01 Å². The van der Waals surface area contributed by atoms with E-state index in [1.54, 1.807) is 0 Å². The third-order valence-electron chi connectivity index (χ3n) is 6.55. The minimum absolute atomic E-state index is 0.448. The van der Waals surface area contributed by atoms with Crippen LogP contribution in [0.25, 0.3) is 0 Å². The molecule has 2 aromatic carbocycles. The zero-order chi connectivity index (χ0) is 19.0. The van der Waals surface area contributed by atoms with Crippen molar-refractivity contribution in [2.24, 2.45) is 5.92 Å². The Bertz CT molecular complexity index is 634. The van der Waals surface area contributed by atoms with Gasteiger partial charge in [0.2, 0.25) is 0 Å². The number of hydrazine groups is 1. The van der Waals surface area contributed by atoms with Gasteiger partial charge in [-0.05, 0) is 29.9 Å². The molecule has 150 valence electrons. The van der Waals surface area contributed by atoms with Crippen LogP contribution in [0.2, 0.25) is 0 Å². The molecule has 0 unspecified atom stereocenters. The number of nitrogens with zero attached hydrogens (tertiary/aromatic N) is 2. The molecule has 0 radical (unpaired) electrons. The lowest BCUT2D eigenvalue weighted by Crippen LogP contribution is -2.53. The second kappa shape index (κ2) is 10.2. The van der Waals surface area contributed by atoms with Gasteiger partial charge in [-0.1, -0.05) is 79.9 Å². The Morgan fingerprint density at radius 1 is 0.750 bits per heavy atom. The van der Waals surface area contributed by atoms with Gasteiger partial charge in [0.1, 0.15) is 0 Å². The molecule has 0 bridgehead atoms. The summed E-state index contributed by atoms with van der Waals surface area (Å²) in [5, 5.41) is 2.46. The molecular formula is C25H35N3. The number of benzene rings is 2. The van der Waals surface area contributed by atoms with Crippen molar-refractivity contribution >= 4 is 0 Å². The Morgan fingerprint density at radius 3 is 1.89 bits per heavy atom. The van der Waals surface area contributed by atoms with Crippen LogP contribution in [0.3, 0.4) is 0 Å². The van der Waals surface area contributed by atoms with E-state index in [1.807, 2.05) is 0 Å². The van der Waals surface area contributed by atoms with Gasteiger partial charge >= 0.3 is 0 Å². The van der Waals surface area contributed by atoms with E-state index in [2.05, 4.69) is 76.0 Å². The summed E-state index contributed by atoms with van der Waals surface area (Å²) in [6, 6.07) is 22.0. The first-order valence-corrected chi connectivity index (χ1v) is 11.2. The molecule has 1 aliphatic carbocycles. The number of nitrogens with one attached hydrogen (secondary N) is 1. The zero-order valence-electron chi connectivity index (χ0n) is 17.1. The molecule has 28 heavy (non-hydrogen) atoms. The second-order valence-corrected chi connectivity index (χ2v) is 8.53. The SMILES string of the molecule is c1ccc(C(CN2CCN(NCC3CCCCC3)CC2)c2ccccc2)cc1. The molecule has 4 rings (SSSR count). The first-order chi connectivity index (χ1) is 13.9. The van der Waals surface area contributed by atoms with Crippen LogP contribution in [0.4, 0.5) is 0 Å². The van der Waals surface area contributed by atoms with Crippen molar-refractivity contribution in [3.63, 3.8) is 0 Å². The molecule has 3 heteroatoms. The maximum absolute atomic E-state index is 3.74. The van der Waals surface area contributed by atoms with Gasteiger partial charge in [-0.15, -0.1) is 0 Å². The highest BCUT2D eigenvalue weighted by Crippen LogP contribution is 2.26. The normalized spacial score (nSPS) is 19.9. The van der Waals surface area contributed by atoms with Crippen molar-refractivity contribution in [1.82, 2.24) is 15.3 Å². The van der Waals surface area contributed by atoms with Crippen LogP contribution in [0, 0.1) is 5.92 Å². The standard InChI is InChI=1S/C25H35N3/c1-4-10-22(11-5-1)20-26-28-18-16-27(17-19-28)21-25(23-12-6-2-7-13-23)24-14-8-3-9-15-24/h2-3,6-9,12-15,22,25-26H,1,4-5,10-11,16-21H2. The zero-order valence-corrected chi connectivity index (χ0v) is 17.1. The highest BCUT2D eigenvalue weighted by molar-refractivity contribution is 5.32. The topological polar surface area (TPSA) is 18.5 Å². The number of hydrogen-bond acceptors (Lipinski definition) is 3. The summed E-state index contributed by atoms with van der Waals surface area (Å²) in [6.07, 6.45) is 7.14. The van der Waals surface area contributed by atoms with Gasteiger partial charge in [-0.2, -0.15) is 0 Å². The van der Waals surface area contributed by atoms with Crippen LogP contribution < -0.4 is 5.43 Å². The molecule has 0 spiro atoms. The van der Waals surface area contributed by atoms with Crippen molar-refractivity contribution < 1.29 is 0 Å². The molecule has 2 aromatic rings. The van der Waals surface area contributed by atoms with Gasteiger partial charge in [0.25, 0.3) is 0 Å². The largest absolute Gasteiger partial charge is 0.300 e. The third kappa shape index (κ3) is 5.44. The van der Waals surface area contributed by atoms with Gasteiger partial charge in [0.05, 0.1) is 0 Å². The summed E-state index contributed by atoms with van der Waals surface area (Å²) < 4.78 is 0. The van der Waals surface area contributed by atoms with Crippen LogP contribution in [-0.4, -0.2) is 49.2 Å². The summed E-state index contributed by atoms with van der Waals surface area (Å²) >= 11 is 0. The lowest BCUT2D eigenvalue weighted by atomic mass is 9.89. The Morgan fingerprint density at radius 2 is 1.32 bits per heavy atom. The Kier molecular flexibility index (Phi) is 7.15. The van der Waals surface area contributed by atoms with Crippen LogP contribution in [0.15, 0.2) is 60.7 Å². The summed E-state index contributed by atoms with van der Waals surface area (Å²) in [6.45, 7) is 6.83. The fourth-order valence-corrected chi connectivity index (χ4v) is 4.77. The Labute approximate surface area is 170 Å². The van der Waals surface area contributed by atoms with Crippen molar-refractivity contribution in [3.05, 3.63) is 71.8 Å². The first-order valence-electron chi connectivity index (χ1n) is 11.2. The summed E-state index contributed by atoms with van der Waals surface area (Å²) in [7, 11) is 0. The molecule has 1 saturated heterocycles. The second-order valence-electron chi connectivity index (χ2n) is 8.53. The van der Waals surface area contributed by atoms with Crippen molar-refractivity contribution in [3.8, 4) is 0 Å². The van der Waals surface area contributed by atoms with Gasteiger partial charge in [0.15, 0.2) is 0 Å². The van der Waals surface area contributed by atoms with Crippen molar-refractivity contribution in [2.45, 2.75) is 38.0 Å². The Balaban J connectivity index is 1.30. The van der Waals surface area contributed by atoms with Crippen LogP contribution in [0.1, 0.15) is 49.1 Å². The fraction of sp³-hybridized carbons (Fsp3) is 0.520. The third-order valence-corrected chi connectivity index (χ3v) is 6.55. The number of rotatable bonds is 7. The molecule has 0 atom stereocenters.